The molecule has 0 bridgehead atoms. The molecule has 3 rings (SSSR count). The zero-order valence-corrected chi connectivity index (χ0v) is 16.1. The van der Waals surface area contributed by atoms with Gasteiger partial charge >= 0.3 is 0 Å². The molecular formula is C20H27N3O4. The summed E-state index contributed by atoms with van der Waals surface area (Å²) in [7, 11) is 1.58. The number of nitrogens with two attached hydrogens (primary N) is 1. The van der Waals surface area contributed by atoms with Gasteiger partial charge in [-0.3, -0.25) is 9.69 Å². The highest BCUT2D eigenvalue weighted by molar-refractivity contribution is 5.75. The number of hydrogen-bond acceptors (Lipinski definition) is 6. The van der Waals surface area contributed by atoms with E-state index in [4.69, 9.17) is 19.7 Å². The topological polar surface area (TPSA) is 90.8 Å². The van der Waals surface area contributed by atoms with Gasteiger partial charge in [0.1, 0.15) is 0 Å². The molecule has 1 fully saturated rings. The summed E-state index contributed by atoms with van der Waals surface area (Å²) in [5, 5.41) is 4.20. The second kappa shape index (κ2) is 8.43. The molecule has 2 aromatic rings. The van der Waals surface area contributed by atoms with Crippen LogP contribution in [0.1, 0.15) is 55.7 Å². The summed E-state index contributed by atoms with van der Waals surface area (Å²) in [5.74, 6) is 1.87. The lowest BCUT2D eigenvalue weighted by atomic mass is 10.1. The average molecular weight is 373 g/mol. The molecule has 1 unspecified atom stereocenters. The first-order valence-corrected chi connectivity index (χ1v) is 9.26. The lowest BCUT2D eigenvalue weighted by molar-refractivity contribution is -0.119. The van der Waals surface area contributed by atoms with E-state index in [1.165, 1.54) is 0 Å². The Kier molecular flexibility index (Phi) is 6.01. The Morgan fingerprint density at radius 2 is 2.19 bits per heavy atom. The third kappa shape index (κ3) is 4.60. The minimum absolute atomic E-state index is 0.173. The summed E-state index contributed by atoms with van der Waals surface area (Å²) in [4.78, 5) is 13.3. The van der Waals surface area contributed by atoms with Crippen LogP contribution in [0.15, 0.2) is 28.8 Å². The number of nitrogens with zero attached hydrogens (tertiary/aromatic N) is 2. The largest absolute Gasteiger partial charge is 0.493 e. The second-order valence-corrected chi connectivity index (χ2v) is 7.18. The van der Waals surface area contributed by atoms with Crippen LogP contribution in [0.4, 0.5) is 0 Å². The van der Waals surface area contributed by atoms with Crippen LogP contribution in [-0.4, -0.2) is 36.2 Å². The Bertz CT molecular complexity index is 787. The maximum absolute atomic E-state index is 10.9. The first kappa shape index (κ1) is 19.2. The van der Waals surface area contributed by atoms with Crippen LogP contribution < -0.4 is 15.2 Å². The number of benzene rings is 1. The van der Waals surface area contributed by atoms with Gasteiger partial charge in [-0.15, -0.1) is 0 Å². The number of likely N-dealkylation sites (tertiary alicyclic amines) is 1. The molecule has 1 amide bonds. The fraction of sp³-hybridized carbons (Fsp3) is 0.500. The zero-order chi connectivity index (χ0) is 19.4. The smallest absolute Gasteiger partial charge is 0.255 e. The first-order valence-electron chi connectivity index (χ1n) is 9.26. The van der Waals surface area contributed by atoms with Crippen LogP contribution in [0.2, 0.25) is 0 Å². The Labute approximate surface area is 159 Å². The van der Waals surface area contributed by atoms with Crippen LogP contribution in [0.3, 0.4) is 0 Å². The molecular weight excluding hydrogens is 346 g/mol. The predicted octanol–water partition coefficient (Wildman–Crippen LogP) is 3.01. The molecule has 1 aromatic carbocycles. The van der Waals surface area contributed by atoms with E-state index in [9.17, 15) is 4.79 Å². The number of primary amides is 1. The van der Waals surface area contributed by atoms with Gasteiger partial charge in [0.2, 0.25) is 0 Å². The number of methoxy groups -OCH3 is 1. The van der Waals surface area contributed by atoms with Crippen molar-refractivity contribution in [3.63, 3.8) is 0 Å². The van der Waals surface area contributed by atoms with Gasteiger partial charge in [0.15, 0.2) is 23.9 Å². The van der Waals surface area contributed by atoms with E-state index in [1.807, 2.05) is 18.2 Å². The van der Waals surface area contributed by atoms with E-state index < -0.39 is 5.91 Å². The third-order valence-corrected chi connectivity index (χ3v) is 4.81. The van der Waals surface area contributed by atoms with Gasteiger partial charge in [-0.25, -0.2) is 0 Å². The minimum Gasteiger partial charge on any atom is -0.493 e. The van der Waals surface area contributed by atoms with Crippen molar-refractivity contribution in [1.82, 2.24) is 10.1 Å². The van der Waals surface area contributed by atoms with Crippen LogP contribution in [0, 0.1) is 0 Å². The summed E-state index contributed by atoms with van der Waals surface area (Å²) in [6.07, 6.45) is 2.18. The monoisotopic (exact) mass is 373 g/mol. The molecule has 1 aromatic heterocycles. The lowest BCUT2D eigenvalue weighted by Gasteiger charge is -2.23. The fourth-order valence-corrected chi connectivity index (χ4v) is 3.38. The molecule has 0 radical (unpaired) electrons. The van der Waals surface area contributed by atoms with Crippen molar-refractivity contribution in [2.75, 3.05) is 20.3 Å². The Morgan fingerprint density at radius 1 is 1.37 bits per heavy atom. The zero-order valence-electron chi connectivity index (χ0n) is 16.1. The third-order valence-electron chi connectivity index (χ3n) is 4.81. The molecule has 0 spiro atoms. The molecule has 7 nitrogen and oxygen atoms in total. The number of amides is 1. The van der Waals surface area contributed by atoms with Gasteiger partial charge in [0.05, 0.1) is 18.8 Å². The van der Waals surface area contributed by atoms with E-state index in [0.29, 0.717) is 17.4 Å². The highest BCUT2D eigenvalue weighted by atomic mass is 16.5. The van der Waals surface area contributed by atoms with Gasteiger partial charge in [-0.2, -0.15) is 0 Å². The van der Waals surface area contributed by atoms with Crippen LogP contribution in [-0.2, 0) is 11.3 Å². The predicted molar refractivity (Wildman–Crippen MR) is 101 cm³/mol. The molecule has 2 N–H and O–H groups in total. The van der Waals surface area contributed by atoms with Crippen molar-refractivity contribution >= 4 is 5.91 Å². The summed E-state index contributed by atoms with van der Waals surface area (Å²) in [6, 6.07) is 8.05. The SMILES string of the molecule is COc1cc(CN2CCCC2c2cc(C(C)C)no2)ccc1OCC(N)=O. The van der Waals surface area contributed by atoms with Crippen molar-refractivity contribution in [2.24, 2.45) is 5.73 Å². The van der Waals surface area contributed by atoms with Gasteiger partial charge in [-0.05, 0) is 43.0 Å². The van der Waals surface area contributed by atoms with Gasteiger partial charge < -0.3 is 19.7 Å². The lowest BCUT2D eigenvalue weighted by Crippen LogP contribution is -2.22. The summed E-state index contributed by atoms with van der Waals surface area (Å²) < 4.78 is 16.4. The van der Waals surface area contributed by atoms with Crippen molar-refractivity contribution in [1.29, 1.82) is 0 Å². The molecule has 146 valence electrons. The van der Waals surface area contributed by atoms with Gasteiger partial charge in [0.25, 0.3) is 5.91 Å². The number of aromatic nitrogens is 1. The Morgan fingerprint density at radius 3 is 2.85 bits per heavy atom. The Hall–Kier alpha value is -2.54. The van der Waals surface area contributed by atoms with Crippen molar-refractivity contribution in [3.8, 4) is 11.5 Å². The van der Waals surface area contributed by atoms with E-state index in [0.717, 1.165) is 42.9 Å². The fourth-order valence-electron chi connectivity index (χ4n) is 3.38. The maximum Gasteiger partial charge on any atom is 0.255 e. The quantitative estimate of drug-likeness (QED) is 0.765. The second-order valence-electron chi connectivity index (χ2n) is 7.18. The van der Waals surface area contributed by atoms with Gasteiger partial charge in [-0.1, -0.05) is 25.1 Å². The molecule has 0 aliphatic carbocycles. The van der Waals surface area contributed by atoms with E-state index in [2.05, 4.69) is 30.0 Å². The molecule has 2 heterocycles. The van der Waals surface area contributed by atoms with Crippen molar-refractivity contribution in [3.05, 3.63) is 41.3 Å². The Balaban J connectivity index is 1.72. The standard InChI is InChI=1S/C20H27N3O4/c1-13(2)15-10-18(27-22-15)16-5-4-8-23(16)11-14-6-7-17(19(9-14)25-3)26-12-20(21)24/h6-7,9-10,13,16H,4-5,8,11-12H2,1-3H3,(H2,21,24). The number of carbonyl (C=O) groups is 1. The van der Waals surface area contributed by atoms with Crippen LogP contribution in [0.25, 0.3) is 0 Å². The molecule has 27 heavy (non-hydrogen) atoms. The van der Waals surface area contributed by atoms with E-state index in [1.54, 1.807) is 7.11 Å². The van der Waals surface area contributed by atoms with Crippen LogP contribution >= 0.6 is 0 Å². The van der Waals surface area contributed by atoms with Crippen LogP contribution in [0.5, 0.6) is 11.5 Å². The molecule has 0 saturated carbocycles. The number of carbonyl (C=O) groups excluding carboxylic acids is 1. The first-order chi connectivity index (χ1) is 13.0. The van der Waals surface area contributed by atoms with Crippen molar-refractivity contribution < 1.29 is 18.8 Å². The van der Waals surface area contributed by atoms with Crippen molar-refractivity contribution in [2.45, 2.75) is 45.2 Å². The molecule has 1 aliphatic heterocycles. The van der Waals surface area contributed by atoms with Gasteiger partial charge in [0, 0.05) is 12.6 Å². The minimum atomic E-state index is -0.520. The highest BCUT2D eigenvalue weighted by Gasteiger charge is 2.29. The number of ether oxygens (including phenoxy) is 2. The summed E-state index contributed by atoms with van der Waals surface area (Å²) >= 11 is 0. The molecule has 1 saturated heterocycles. The number of hydrogen-bond donors (Lipinski definition) is 1. The van der Waals surface area contributed by atoms with E-state index >= 15 is 0 Å². The molecule has 1 atom stereocenters. The molecule has 7 heteroatoms. The summed E-state index contributed by atoms with van der Waals surface area (Å²) in [6.45, 7) is 5.83. The molecule has 1 aliphatic rings. The van der Waals surface area contributed by atoms with E-state index in [-0.39, 0.29) is 12.6 Å². The normalized spacial score (nSPS) is 17.4. The summed E-state index contributed by atoms with van der Waals surface area (Å²) in [5.41, 5.74) is 7.24. The number of rotatable bonds is 8. The maximum atomic E-state index is 10.9. The average Bonchev–Trinajstić information content (AvgIpc) is 3.29. The highest BCUT2D eigenvalue weighted by Crippen LogP contribution is 2.35.